The number of carboxylic acid groups (broad SMARTS) is 1. The molecule has 8 heteroatoms. The molecule has 0 aliphatic rings. The van der Waals surface area contributed by atoms with Crippen molar-refractivity contribution in [3.63, 3.8) is 0 Å². The Morgan fingerprint density at radius 3 is 2.80 bits per heavy atom. The van der Waals surface area contributed by atoms with Crippen LogP contribution in [0.2, 0.25) is 0 Å². The lowest BCUT2D eigenvalue weighted by molar-refractivity contribution is 0.0693. The lowest BCUT2D eigenvalue weighted by Gasteiger charge is -2.08. The first-order valence-electron chi connectivity index (χ1n) is 5.65. The summed E-state index contributed by atoms with van der Waals surface area (Å²) in [6, 6.07) is 3.29. The summed E-state index contributed by atoms with van der Waals surface area (Å²) in [7, 11) is 0. The van der Waals surface area contributed by atoms with Gasteiger partial charge in [0.1, 0.15) is 11.3 Å². The fourth-order valence-electron chi connectivity index (χ4n) is 1.52. The normalized spacial score (nSPS) is 10.0. The maximum atomic E-state index is 11.6. The summed E-state index contributed by atoms with van der Waals surface area (Å²) < 4.78 is 0. The van der Waals surface area contributed by atoms with Gasteiger partial charge < -0.3 is 20.8 Å². The Bertz CT molecular complexity index is 624. The molecule has 1 aromatic heterocycles. The van der Waals surface area contributed by atoms with Gasteiger partial charge in [-0.05, 0) is 18.2 Å². The number of aromatic amines is 1. The molecule has 0 saturated carbocycles. The van der Waals surface area contributed by atoms with Crippen molar-refractivity contribution in [1.82, 2.24) is 15.5 Å². The van der Waals surface area contributed by atoms with Crippen LogP contribution in [0.4, 0.5) is 10.5 Å². The van der Waals surface area contributed by atoms with E-state index in [1.807, 2.05) is 0 Å². The zero-order valence-electron chi connectivity index (χ0n) is 10.3. The van der Waals surface area contributed by atoms with Crippen LogP contribution in [0.25, 0.3) is 0 Å². The molecular weight excluding hydrogens is 264 g/mol. The number of H-pyrrole nitrogens is 1. The van der Waals surface area contributed by atoms with Crippen molar-refractivity contribution in [2.75, 3.05) is 5.32 Å². The van der Waals surface area contributed by atoms with E-state index in [4.69, 9.17) is 5.11 Å². The van der Waals surface area contributed by atoms with Crippen LogP contribution in [0.3, 0.4) is 0 Å². The van der Waals surface area contributed by atoms with Gasteiger partial charge in [-0.1, -0.05) is 0 Å². The summed E-state index contributed by atoms with van der Waals surface area (Å²) in [5, 5.41) is 29.6. The van der Waals surface area contributed by atoms with Gasteiger partial charge in [0.15, 0.2) is 0 Å². The first kappa shape index (κ1) is 13.4. The monoisotopic (exact) mass is 276 g/mol. The van der Waals surface area contributed by atoms with E-state index in [9.17, 15) is 14.7 Å². The number of nitrogens with zero attached hydrogens (tertiary/aromatic N) is 1. The van der Waals surface area contributed by atoms with Gasteiger partial charge in [-0.15, -0.1) is 0 Å². The van der Waals surface area contributed by atoms with Gasteiger partial charge in [0, 0.05) is 24.0 Å². The minimum atomic E-state index is -1.27. The average Bonchev–Trinajstić information content (AvgIpc) is 2.91. The zero-order valence-corrected chi connectivity index (χ0v) is 10.3. The minimum absolute atomic E-state index is 0.268. The van der Waals surface area contributed by atoms with E-state index in [0.29, 0.717) is 0 Å². The molecule has 5 N–H and O–H groups in total. The average molecular weight is 276 g/mol. The van der Waals surface area contributed by atoms with Crippen LogP contribution in [-0.2, 0) is 6.54 Å². The van der Waals surface area contributed by atoms with Crippen LogP contribution in [0.15, 0.2) is 30.6 Å². The van der Waals surface area contributed by atoms with Gasteiger partial charge in [0.2, 0.25) is 0 Å². The third-order valence-electron chi connectivity index (χ3n) is 2.49. The molecule has 0 radical (unpaired) electrons. The Balaban J connectivity index is 1.97. The fourth-order valence-corrected chi connectivity index (χ4v) is 1.52. The van der Waals surface area contributed by atoms with Gasteiger partial charge in [0.05, 0.1) is 6.20 Å². The molecule has 0 unspecified atom stereocenters. The predicted octanol–water partition coefficient (Wildman–Crippen LogP) is 1.14. The Kier molecular flexibility index (Phi) is 3.85. The summed E-state index contributed by atoms with van der Waals surface area (Å²) in [6.07, 6.45) is 3.22. The van der Waals surface area contributed by atoms with Crippen molar-refractivity contribution in [2.45, 2.75) is 6.54 Å². The summed E-state index contributed by atoms with van der Waals surface area (Å²) in [4.78, 5) is 22.5. The predicted molar refractivity (Wildman–Crippen MR) is 69.5 cm³/mol. The van der Waals surface area contributed by atoms with Crippen molar-refractivity contribution in [2.24, 2.45) is 0 Å². The highest BCUT2D eigenvalue weighted by Crippen LogP contribution is 2.21. The van der Waals surface area contributed by atoms with E-state index in [1.54, 1.807) is 12.4 Å². The number of carboxylic acids is 1. The number of rotatable bonds is 4. The molecule has 2 amide bonds. The second-order valence-electron chi connectivity index (χ2n) is 3.95. The van der Waals surface area contributed by atoms with Crippen LogP contribution in [0.5, 0.6) is 5.75 Å². The van der Waals surface area contributed by atoms with Gasteiger partial charge in [-0.2, -0.15) is 5.10 Å². The number of aromatic nitrogens is 2. The fraction of sp³-hybridized carbons (Fsp3) is 0.0833. The lowest BCUT2D eigenvalue weighted by atomic mass is 10.2. The van der Waals surface area contributed by atoms with Gasteiger partial charge >= 0.3 is 12.0 Å². The molecule has 0 bridgehead atoms. The number of aromatic carboxylic acids is 1. The largest absolute Gasteiger partial charge is 0.507 e. The molecule has 0 atom stereocenters. The summed E-state index contributed by atoms with van der Waals surface area (Å²) >= 11 is 0. The number of hydrogen-bond acceptors (Lipinski definition) is 4. The molecule has 0 spiro atoms. The second kappa shape index (κ2) is 5.74. The molecule has 0 aliphatic heterocycles. The number of phenols is 1. The van der Waals surface area contributed by atoms with Crippen LogP contribution in [-0.4, -0.2) is 32.4 Å². The van der Waals surface area contributed by atoms with Crippen molar-refractivity contribution in [3.8, 4) is 5.75 Å². The van der Waals surface area contributed by atoms with Gasteiger partial charge in [-0.25, -0.2) is 9.59 Å². The van der Waals surface area contributed by atoms with Gasteiger partial charge in [-0.3, -0.25) is 5.10 Å². The highest BCUT2D eigenvalue weighted by Gasteiger charge is 2.11. The van der Waals surface area contributed by atoms with Crippen LogP contribution in [0.1, 0.15) is 15.9 Å². The SMILES string of the molecule is O=C(NCc1cn[nH]c1)Nc1ccc(O)c(C(=O)O)c1. The topological polar surface area (TPSA) is 127 Å². The highest BCUT2D eigenvalue weighted by atomic mass is 16.4. The molecule has 1 aromatic carbocycles. The number of amides is 2. The van der Waals surface area contributed by atoms with Crippen molar-refractivity contribution >= 4 is 17.7 Å². The number of carbonyl (C=O) groups excluding carboxylic acids is 1. The molecule has 0 fully saturated rings. The summed E-state index contributed by atoms with van der Waals surface area (Å²) in [5.74, 6) is -1.63. The molecule has 2 rings (SSSR count). The molecule has 0 saturated heterocycles. The third-order valence-corrected chi connectivity index (χ3v) is 2.49. The molecule has 1 heterocycles. The Morgan fingerprint density at radius 1 is 1.35 bits per heavy atom. The maximum absolute atomic E-state index is 11.6. The van der Waals surface area contributed by atoms with E-state index in [1.165, 1.54) is 18.2 Å². The second-order valence-corrected chi connectivity index (χ2v) is 3.95. The Morgan fingerprint density at radius 2 is 2.15 bits per heavy atom. The van der Waals surface area contributed by atoms with Crippen LogP contribution in [0, 0.1) is 0 Å². The number of nitrogens with one attached hydrogen (secondary N) is 3. The van der Waals surface area contributed by atoms with E-state index in [0.717, 1.165) is 5.56 Å². The van der Waals surface area contributed by atoms with E-state index in [-0.39, 0.29) is 23.5 Å². The number of carbonyl (C=O) groups is 2. The number of hydrogen-bond donors (Lipinski definition) is 5. The smallest absolute Gasteiger partial charge is 0.339 e. The van der Waals surface area contributed by atoms with Gasteiger partial charge in [0.25, 0.3) is 0 Å². The Hall–Kier alpha value is -3.03. The first-order valence-corrected chi connectivity index (χ1v) is 5.65. The number of urea groups is 1. The van der Waals surface area contributed by atoms with E-state index < -0.39 is 12.0 Å². The third kappa shape index (κ3) is 3.25. The van der Waals surface area contributed by atoms with Crippen LogP contribution < -0.4 is 10.6 Å². The number of anilines is 1. The van der Waals surface area contributed by atoms with Crippen molar-refractivity contribution < 1.29 is 19.8 Å². The molecule has 8 nitrogen and oxygen atoms in total. The number of aromatic hydroxyl groups is 1. The van der Waals surface area contributed by atoms with E-state index >= 15 is 0 Å². The molecule has 0 aliphatic carbocycles. The zero-order chi connectivity index (χ0) is 14.5. The molecular formula is C12H12N4O4. The highest BCUT2D eigenvalue weighted by molar-refractivity contribution is 5.95. The Labute approximate surface area is 113 Å². The maximum Gasteiger partial charge on any atom is 0.339 e. The van der Waals surface area contributed by atoms with Crippen LogP contribution >= 0.6 is 0 Å². The first-order chi connectivity index (χ1) is 9.56. The quantitative estimate of drug-likeness (QED) is 0.535. The minimum Gasteiger partial charge on any atom is -0.507 e. The molecule has 104 valence electrons. The van der Waals surface area contributed by atoms with Crippen molar-refractivity contribution in [1.29, 1.82) is 0 Å². The lowest BCUT2D eigenvalue weighted by Crippen LogP contribution is -2.28. The summed E-state index contributed by atoms with van der Waals surface area (Å²) in [5.41, 5.74) is 0.791. The van der Waals surface area contributed by atoms with E-state index in [2.05, 4.69) is 20.8 Å². The standard InChI is InChI=1S/C12H12N4O4/c17-10-2-1-8(3-9(10)11(18)19)16-12(20)13-4-7-5-14-15-6-7/h1-3,5-6,17H,4H2,(H,14,15)(H,18,19)(H2,13,16,20). The molecule has 2 aromatic rings. The molecule has 20 heavy (non-hydrogen) atoms. The summed E-state index contributed by atoms with van der Waals surface area (Å²) in [6.45, 7) is 0.284. The van der Waals surface area contributed by atoms with Crippen molar-refractivity contribution in [3.05, 3.63) is 41.7 Å². The number of benzene rings is 1.